The molecule has 4 aromatic rings. The van der Waals surface area contributed by atoms with Crippen molar-refractivity contribution in [3.05, 3.63) is 126 Å². The van der Waals surface area contributed by atoms with E-state index in [-0.39, 0.29) is 57.1 Å². The summed E-state index contributed by atoms with van der Waals surface area (Å²) in [7, 11) is 0. The zero-order chi connectivity index (χ0) is 51.6. The molecule has 11 nitrogen and oxygen atoms in total. The molecular weight excluding hydrogens is 917 g/mol. The van der Waals surface area contributed by atoms with Gasteiger partial charge in [0.2, 0.25) is 5.79 Å². The maximum absolute atomic E-state index is 15.4. The maximum Gasteiger partial charge on any atom is 0.410 e. The maximum atomic E-state index is 15.4. The molecule has 4 aromatic carbocycles. The van der Waals surface area contributed by atoms with Crippen molar-refractivity contribution in [1.82, 2.24) is 4.90 Å². The fourth-order valence-electron chi connectivity index (χ4n) is 11.4. The molecule has 1 fully saturated rings. The molecule has 11 heteroatoms. The lowest BCUT2D eigenvalue weighted by atomic mass is 9.55. The zero-order valence-electron chi connectivity index (χ0n) is 44.1. The summed E-state index contributed by atoms with van der Waals surface area (Å²) >= 11 is 0. The molecular formula is C62H82N2O9. The minimum Gasteiger partial charge on any atom is -0.459 e. The third-order valence-electron chi connectivity index (χ3n) is 14.9. The van der Waals surface area contributed by atoms with Gasteiger partial charge >= 0.3 is 6.09 Å². The smallest absolute Gasteiger partial charge is 0.410 e. The van der Waals surface area contributed by atoms with Crippen LogP contribution in [-0.4, -0.2) is 77.1 Å². The number of carbonyl (C=O) groups excluding carboxylic acids is 2. The molecule has 2 aliphatic carbocycles. The van der Waals surface area contributed by atoms with Crippen LogP contribution in [0.4, 0.5) is 4.79 Å². The number of fused-ring (bicyclic) bond motifs is 3. The van der Waals surface area contributed by atoms with Crippen LogP contribution in [0.15, 0.2) is 114 Å². The second-order valence-electron chi connectivity index (χ2n) is 21.3. The number of unbranched alkanes of at least 4 members (excludes halogenated alkanes) is 11. The number of aliphatic hydroxyl groups is 2. The minimum atomic E-state index is -1.48. The highest BCUT2D eigenvalue weighted by atomic mass is 16.7. The highest BCUT2D eigenvalue weighted by Crippen LogP contribution is 2.62. The first-order valence-corrected chi connectivity index (χ1v) is 27.4. The lowest BCUT2D eigenvalue weighted by molar-refractivity contribution is -0.256. The number of carbonyl (C=O) groups is 2. The number of ether oxygens (including phenoxy) is 4. The first-order valence-electron chi connectivity index (χ1n) is 27.4. The van der Waals surface area contributed by atoms with E-state index in [9.17, 15) is 15.0 Å². The second kappa shape index (κ2) is 27.2. The SMILES string of the molecule is C=CCO[C@@]12Oc3ccc(Oc4cccc(C=O)c4)cc3[C@H]3[C@H](CCCCO)[C@@H](CCCCO)C=C(C(=NOC(C)(C)C)C[C@@H]1N(Cc1cccc4ccccc14)C(=O)OCCCCCCCCCCCC)[C@H]32. The van der Waals surface area contributed by atoms with Gasteiger partial charge in [0.1, 0.15) is 35.2 Å². The molecule has 0 saturated heterocycles. The fourth-order valence-corrected chi connectivity index (χ4v) is 11.4. The average Bonchev–Trinajstić information content (AvgIpc) is 3.39. The van der Waals surface area contributed by atoms with Gasteiger partial charge in [0.05, 0.1) is 31.4 Å². The predicted octanol–water partition coefficient (Wildman–Crippen LogP) is 14.4. The molecule has 3 aliphatic rings. The van der Waals surface area contributed by atoms with E-state index in [2.05, 4.69) is 49.9 Å². The van der Waals surface area contributed by atoms with Crippen molar-refractivity contribution in [1.29, 1.82) is 0 Å². The van der Waals surface area contributed by atoms with Crippen molar-refractivity contribution >= 4 is 28.9 Å². The highest BCUT2D eigenvalue weighted by Gasteiger charge is 2.66. The van der Waals surface area contributed by atoms with Gasteiger partial charge in [-0.1, -0.05) is 149 Å². The molecule has 1 aliphatic heterocycles. The molecule has 7 rings (SSSR count). The predicted molar refractivity (Wildman–Crippen MR) is 290 cm³/mol. The third-order valence-corrected chi connectivity index (χ3v) is 14.9. The van der Waals surface area contributed by atoms with E-state index in [0.29, 0.717) is 41.4 Å². The van der Waals surface area contributed by atoms with Crippen LogP contribution >= 0.6 is 0 Å². The first-order chi connectivity index (χ1) is 35.5. The van der Waals surface area contributed by atoms with Crippen LogP contribution in [0.5, 0.6) is 17.2 Å². The Morgan fingerprint density at radius 3 is 2.26 bits per heavy atom. The summed E-state index contributed by atoms with van der Waals surface area (Å²) in [4.78, 5) is 35.4. The lowest BCUT2D eigenvalue weighted by Gasteiger charge is -2.60. The summed E-state index contributed by atoms with van der Waals surface area (Å²) in [6, 6.07) is 26.6. The number of hydrogen-bond acceptors (Lipinski definition) is 10. The fraction of sp³-hybridized carbons (Fsp3) is 0.532. The van der Waals surface area contributed by atoms with Gasteiger partial charge in [-0.05, 0) is 117 Å². The summed E-state index contributed by atoms with van der Waals surface area (Å²) in [6.45, 7) is 13.1. The molecule has 0 bridgehead atoms. The van der Waals surface area contributed by atoms with E-state index < -0.39 is 29.4 Å². The number of benzene rings is 4. The molecule has 73 heavy (non-hydrogen) atoms. The third kappa shape index (κ3) is 14.2. The number of rotatable bonds is 29. The number of allylic oxidation sites excluding steroid dienone is 1. The van der Waals surface area contributed by atoms with E-state index in [0.717, 1.165) is 78.7 Å². The van der Waals surface area contributed by atoms with Gasteiger partial charge in [-0.25, -0.2) is 4.79 Å². The highest BCUT2D eigenvalue weighted by molar-refractivity contribution is 6.03. The van der Waals surface area contributed by atoms with Crippen molar-refractivity contribution < 1.29 is 43.6 Å². The molecule has 0 radical (unpaired) electrons. The van der Waals surface area contributed by atoms with Gasteiger partial charge in [0.25, 0.3) is 0 Å². The number of amides is 1. The van der Waals surface area contributed by atoms with Gasteiger partial charge in [-0.2, -0.15) is 0 Å². The Morgan fingerprint density at radius 1 is 0.836 bits per heavy atom. The average molecular weight is 999 g/mol. The van der Waals surface area contributed by atoms with Crippen LogP contribution < -0.4 is 9.47 Å². The van der Waals surface area contributed by atoms with E-state index in [1.54, 1.807) is 24.3 Å². The number of aldehydes is 1. The Morgan fingerprint density at radius 2 is 1.53 bits per heavy atom. The Bertz CT molecular complexity index is 2470. The van der Waals surface area contributed by atoms with Crippen LogP contribution in [0.1, 0.15) is 164 Å². The number of hydrogen-bond donors (Lipinski definition) is 2. The molecule has 1 amide bonds. The summed E-state index contributed by atoms with van der Waals surface area (Å²) in [5.41, 5.74) is 3.43. The second-order valence-corrected chi connectivity index (χ2v) is 21.3. The Hall–Kier alpha value is -5.49. The molecule has 0 aromatic heterocycles. The van der Waals surface area contributed by atoms with Gasteiger partial charge in [0, 0.05) is 36.7 Å². The Balaban J connectivity index is 1.37. The molecule has 6 atom stereocenters. The summed E-state index contributed by atoms with van der Waals surface area (Å²) in [6.07, 6.45) is 20.9. The standard InChI is InChI=1S/C62H82N2O9/c1-6-8-9-10-11-12-13-14-15-22-38-69-60(68)64(43-48-29-24-28-46-26-16-17-31-51(46)48)57-42-55(63-73-61(3,4)5)53-40-47(27-18-20-35-65)52(32-19-21-36-66)58-54-41-50(71-49-30-23-25-45(39-49)44-67)33-34-56(54)72-62(57,59(53)58)70-37-7-2/h7,16-17,23-26,28-31,33-34,39-41,44,47,52,57-59,65-66H,2,6,8-15,18-22,27,32,35-38,42-43H2,1,3-5H3/t47-,52+,57-,58+,59+,62+/m0/s1. The number of oxime groups is 1. The van der Waals surface area contributed by atoms with Crippen molar-refractivity contribution in [2.45, 2.75) is 167 Å². The van der Waals surface area contributed by atoms with Crippen molar-refractivity contribution in [3.8, 4) is 17.2 Å². The van der Waals surface area contributed by atoms with Crippen molar-refractivity contribution in [2.75, 3.05) is 26.4 Å². The minimum absolute atomic E-state index is 0.0142. The summed E-state index contributed by atoms with van der Waals surface area (Å²) in [5.74, 6) is -0.478. The van der Waals surface area contributed by atoms with Crippen molar-refractivity contribution in [2.24, 2.45) is 22.9 Å². The van der Waals surface area contributed by atoms with Crippen LogP contribution in [0.25, 0.3) is 10.8 Å². The van der Waals surface area contributed by atoms with Gasteiger partial charge < -0.3 is 34.0 Å². The molecule has 1 saturated carbocycles. The van der Waals surface area contributed by atoms with Crippen LogP contribution in [0.3, 0.4) is 0 Å². The summed E-state index contributed by atoms with van der Waals surface area (Å²) in [5, 5.41) is 27.3. The van der Waals surface area contributed by atoms with Crippen molar-refractivity contribution in [3.63, 3.8) is 0 Å². The molecule has 2 N–H and O–H groups in total. The van der Waals surface area contributed by atoms with Gasteiger partial charge in [0.15, 0.2) is 0 Å². The molecule has 0 spiro atoms. The molecule has 394 valence electrons. The van der Waals surface area contributed by atoms with Gasteiger partial charge in [-0.15, -0.1) is 6.58 Å². The molecule has 1 heterocycles. The largest absolute Gasteiger partial charge is 0.459 e. The number of nitrogens with zero attached hydrogens (tertiary/aromatic N) is 2. The van der Waals surface area contributed by atoms with Gasteiger partial charge in [-0.3, -0.25) is 9.69 Å². The van der Waals surface area contributed by atoms with E-state index >= 15 is 4.79 Å². The van der Waals surface area contributed by atoms with E-state index in [1.807, 2.05) is 62.1 Å². The van der Waals surface area contributed by atoms with Crippen LogP contribution in [0, 0.1) is 17.8 Å². The van der Waals surface area contributed by atoms with Crippen LogP contribution in [-0.2, 0) is 20.9 Å². The van der Waals surface area contributed by atoms with E-state index in [4.69, 9.17) is 28.9 Å². The normalized spacial score (nSPS) is 21.6. The lowest BCUT2D eigenvalue weighted by Crippen LogP contribution is -2.70. The molecule has 0 unspecified atom stereocenters. The quantitative estimate of drug-likeness (QED) is 0.0236. The Kier molecular flexibility index (Phi) is 20.6. The van der Waals surface area contributed by atoms with E-state index in [1.165, 1.54) is 44.9 Å². The topological polar surface area (TPSA) is 136 Å². The monoisotopic (exact) mass is 999 g/mol. The number of aliphatic hydroxyl groups excluding tert-OH is 2. The Labute approximate surface area is 435 Å². The summed E-state index contributed by atoms with van der Waals surface area (Å²) < 4.78 is 27.8. The van der Waals surface area contributed by atoms with Crippen LogP contribution in [0.2, 0.25) is 0 Å². The zero-order valence-corrected chi connectivity index (χ0v) is 44.1. The first kappa shape index (κ1) is 55.3.